The molecule has 8 heteroatoms. The quantitative estimate of drug-likeness (QED) is 0.355. The summed E-state index contributed by atoms with van der Waals surface area (Å²) in [5, 5.41) is 3.47. The summed E-state index contributed by atoms with van der Waals surface area (Å²) in [6.45, 7) is 1.40. The van der Waals surface area contributed by atoms with E-state index < -0.39 is 29.3 Å². The fourth-order valence-electron chi connectivity index (χ4n) is 1.73. The first-order chi connectivity index (χ1) is 11.2. The zero-order chi connectivity index (χ0) is 17.9. The number of alkyl halides is 3. The number of hydrogen-bond acceptors (Lipinski definition) is 3. The van der Waals surface area contributed by atoms with Crippen molar-refractivity contribution in [3.63, 3.8) is 0 Å². The second-order valence-corrected chi connectivity index (χ2v) is 4.76. The highest BCUT2D eigenvalue weighted by molar-refractivity contribution is 5.99. The Morgan fingerprint density at radius 2 is 1.54 bits per heavy atom. The van der Waals surface area contributed by atoms with Gasteiger partial charge in [-0.25, -0.2) is 13.6 Å². The van der Waals surface area contributed by atoms with E-state index in [9.17, 15) is 26.7 Å². The van der Waals surface area contributed by atoms with Crippen molar-refractivity contribution in [1.82, 2.24) is 0 Å². The molecule has 0 saturated carbocycles. The first kappa shape index (κ1) is 17.6. The van der Waals surface area contributed by atoms with Crippen LogP contribution in [0.2, 0.25) is 0 Å². The van der Waals surface area contributed by atoms with Gasteiger partial charge in [0.15, 0.2) is 11.6 Å². The monoisotopic (exact) mass is 343 g/mol. The van der Waals surface area contributed by atoms with Crippen molar-refractivity contribution in [2.75, 3.05) is 0 Å². The lowest BCUT2D eigenvalue weighted by Crippen LogP contribution is -2.07. The first-order valence-corrected chi connectivity index (χ1v) is 6.57. The van der Waals surface area contributed by atoms with Crippen molar-refractivity contribution in [3.8, 4) is 0 Å². The number of carbonyl (C=O) groups is 1. The molecule has 0 amide bonds. The highest BCUT2D eigenvalue weighted by Gasteiger charge is 2.30. The molecule has 0 aliphatic rings. The van der Waals surface area contributed by atoms with Gasteiger partial charge in [-0.2, -0.15) is 13.2 Å². The number of rotatable bonds is 3. The van der Waals surface area contributed by atoms with Crippen LogP contribution < -0.4 is 0 Å². The standard InChI is InChI=1S/C16H10F5NO2/c1-9(11-4-7-13(17)14(18)8-11)22-24-15(23)10-2-5-12(6-3-10)16(19,20)21/h2-8H,1H3/b22-9+. The van der Waals surface area contributed by atoms with E-state index in [4.69, 9.17) is 0 Å². The lowest BCUT2D eigenvalue weighted by molar-refractivity contribution is -0.137. The molecule has 3 nitrogen and oxygen atoms in total. The van der Waals surface area contributed by atoms with Crippen LogP contribution in [0.5, 0.6) is 0 Å². The summed E-state index contributed by atoms with van der Waals surface area (Å²) < 4.78 is 63.2. The maximum atomic E-state index is 13.1. The average Bonchev–Trinajstić information content (AvgIpc) is 2.54. The van der Waals surface area contributed by atoms with Gasteiger partial charge in [0, 0.05) is 5.56 Å². The molecule has 2 aromatic rings. The molecule has 0 heterocycles. The molecule has 2 rings (SSSR count). The van der Waals surface area contributed by atoms with Gasteiger partial charge < -0.3 is 4.84 Å². The lowest BCUT2D eigenvalue weighted by Gasteiger charge is -2.06. The number of hydrogen-bond donors (Lipinski definition) is 0. The fourth-order valence-corrected chi connectivity index (χ4v) is 1.73. The van der Waals surface area contributed by atoms with Crippen molar-refractivity contribution >= 4 is 11.7 Å². The SMILES string of the molecule is C/C(=N\OC(=O)c1ccc(C(F)(F)F)cc1)c1ccc(F)c(F)c1. The summed E-state index contributed by atoms with van der Waals surface area (Å²) in [6, 6.07) is 6.39. The van der Waals surface area contributed by atoms with Crippen LogP contribution in [0, 0.1) is 11.6 Å². The van der Waals surface area contributed by atoms with E-state index in [1.165, 1.54) is 13.0 Å². The van der Waals surface area contributed by atoms with E-state index in [0.717, 1.165) is 36.4 Å². The molecule has 0 aromatic heterocycles. The average molecular weight is 343 g/mol. The Kier molecular flexibility index (Phi) is 4.96. The predicted molar refractivity (Wildman–Crippen MR) is 75.4 cm³/mol. The number of oxime groups is 1. The molecule has 0 spiro atoms. The highest BCUT2D eigenvalue weighted by atomic mass is 19.4. The molecule has 0 N–H and O–H groups in total. The number of nitrogens with zero attached hydrogens (tertiary/aromatic N) is 1. The number of halogens is 5. The maximum Gasteiger partial charge on any atom is 0.416 e. The Hall–Kier alpha value is -2.77. The van der Waals surface area contributed by atoms with E-state index in [-0.39, 0.29) is 16.8 Å². The summed E-state index contributed by atoms with van der Waals surface area (Å²) in [5.74, 6) is -3.10. The molecule has 0 bridgehead atoms. The largest absolute Gasteiger partial charge is 0.416 e. The van der Waals surface area contributed by atoms with Gasteiger partial charge in [0.2, 0.25) is 0 Å². The van der Waals surface area contributed by atoms with Crippen molar-refractivity contribution in [2.45, 2.75) is 13.1 Å². The Balaban J connectivity index is 2.10. The minimum atomic E-state index is -4.51. The van der Waals surface area contributed by atoms with E-state index in [1.807, 2.05) is 0 Å². The second kappa shape index (κ2) is 6.77. The van der Waals surface area contributed by atoms with Gasteiger partial charge in [0.1, 0.15) is 0 Å². The van der Waals surface area contributed by atoms with Crippen molar-refractivity contribution < 1.29 is 31.6 Å². The van der Waals surface area contributed by atoms with Gasteiger partial charge in [-0.3, -0.25) is 0 Å². The maximum absolute atomic E-state index is 13.1. The highest BCUT2D eigenvalue weighted by Crippen LogP contribution is 2.29. The molecular formula is C16H10F5NO2. The fraction of sp³-hybridized carbons (Fsp3) is 0.125. The van der Waals surface area contributed by atoms with Crippen LogP contribution in [0.4, 0.5) is 22.0 Å². The normalized spacial score (nSPS) is 12.2. The lowest BCUT2D eigenvalue weighted by atomic mass is 10.1. The molecule has 0 aliphatic heterocycles. The van der Waals surface area contributed by atoms with Crippen molar-refractivity contribution in [3.05, 3.63) is 70.8 Å². The minimum Gasteiger partial charge on any atom is -0.313 e. The summed E-state index contributed by atoms with van der Waals surface area (Å²) in [4.78, 5) is 16.3. The van der Waals surface area contributed by atoms with Gasteiger partial charge in [0.25, 0.3) is 0 Å². The Labute approximate surface area is 133 Å². The Morgan fingerprint density at radius 3 is 2.08 bits per heavy atom. The van der Waals surface area contributed by atoms with E-state index in [1.54, 1.807) is 0 Å². The van der Waals surface area contributed by atoms with Crippen LogP contribution in [0.1, 0.15) is 28.4 Å². The molecule has 0 fully saturated rings. The van der Waals surface area contributed by atoms with Crippen LogP contribution in [-0.2, 0) is 11.0 Å². The molecule has 0 radical (unpaired) electrons. The molecule has 0 saturated heterocycles. The van der Waals surface area contributed by atoms with Crippen LogP contribution in [0.15, 0.2) is 47.6 Å². The molecule has 0 aliphatic carbocycles. The van der Waals surface area contributed by atoms with Crippen molar-refractivity contribution in [1.29, 1.82) is 0 Å². The van der Waals surface area contributed by atoms with Crippen LogP contribution >= 0.6 is 0 Å². The third-order valence-corrected chi connectivity index (χ3v) is 3.05. The zero-order valence-electron chi connectivity index (χ0n) is 12.2. The van der Waals surface area contributed by atoms with Crippen LogP contribution in [-0.4, -0.2) is 11.7 Å². The topological polar surface area (TPSA) is 38.7 Å². The van der Waals surface area contributed by atoms with E-state index in [0.29, 0.717) is 0 Å². The first-order valence-electron chi connectivity index (χ1n) is 6.57. The van der Waals surface area contributed by atoms with Crippen molar-refractivity contribution in [2.24, 2.45) is 5.16 Å². The van der Waals surface area contributed by atoms with Gasteiger partial charge in [-0.1, -0.05) is 5.16 Å². The number of benzene rings is 2. The van der Waals surface area contributed by atoms with Gasteiger partial charge in [0.05, 0.1) is 16.8 Å². The zero-order valence-corrected chi connectivity index (χ0v) is 12.2. The van der Waals surface area contributed by atoms with E-state index >= 15 is 0 Å². The second-order valence-electron chi connectivity index (χ2n) is 4.76. The molecule has 0 unspecified atom stereocenters. The summed E-state index contributed by atoms with van der Waals surface area (Å²) >= 11 is 0. The molecule has 0 atom stereocenters. The minimum absolute atomic E-state index is 0.0918. The Bertz CT molecular complexity index is 782. The third-order valence-electron chi connectivity index (χ3n) is 3.05. The summed E-state index contributed by atoms with van der Waals surface area (Å²) in [7, 11) is 0. The van der Waals surface area contributed by atoms with Crippen LogP contribution in [0.25, 0.3) is 0 Å². The summed E-state index contributed by atoms with van der Waals surface area (Å²) in [5.41, 5.74) is -0.756. The van der Waals surface area contributed by atoms with Gasteiger partial charge in [-0.05, 0) is 49.4 Å². The number of carbonyl (C=O) groups excluding carboxylic acids is 1. The van der Waals surface area contributed by atoms with Gasteiger partial charge >= 0.3 is 12.1 Å². The molecular weight excluding hydrogens is 333 g/mol. The Morgan fingerprint density at radius 1 is 0.958 bits per heavy atom. The smallest absolute Gasteiger partial charge is 0.313 e. The molecule has 24 heavy (non-hydrogen) atoms. The van der Waals surface area contributed by atoms with Gasteiger partial charge in [-0.15, -0.1) is 0 Å². The molecule has 126 valence electrons. The third kappa shape index (κ3) is 4.15. The van der Waals surface area contributed by atoms with E-state index in [2.05, 4.69) is 9.99 Å². The van der Waals surface area contributed by atoms with Crippen LogP contribution in [0.3, 0.4) is 0 Å². The predicted octanol–water partition coefficient (Wildman–Crippen LogP) is 4.56. The summed E-state index contributed by atoms with van der Waals surface area (Å²) in [6.07, 6.45) is -4.51. The molecule has 2 aromatic carbocycles.